The van der Waals surface area contributed by atoms with E-state index >= 15 is 0 Å². The lowest BCUT2D eigenvalue weighted by Crippen LogP contribution is -2.33. The summed E-state index contributed by atoms with van der Waals surface area (Å²) in [5, 5.41) is 3.00. The zero-order valence-electron chi connectivity index (χ0n) is 13.4. The van der Waals surface area contributed by atoms with Crippen molar-refractivity contribution in [1.29, 1.82) is 0 Å². The van der Waals surface area contributed by atoms with E-state index in [4.69, 9.17) is 14.2 Å². The highest BCUT2D eigenvalue weighted by atomic mass is 32.2. The molecule has 0 fully saturated rings. The van der Waals surface area contributed by atoms with Crippen LogP contribution in [0.25, 0.3) is 0 Å². The summed E-state index contributed by atoms with van der Waals surface area (Å²) in [4.78, 5) is 0. The summed E-state index contributed by atoms with van der Waals surface area (Å²) in [7, 11) is -4.03. The predicted octanol–water partition coefficient (Wildman–Crippen LogP) is 2.99. The maximum atomic E-state index is 11.4. The first-order valence-corrected chi connectivity index (χ1v) is 10.2. The van der Waals surface area contributed by atoms with E-state index in [-0.39, 0.29) is 19.1 Å². The molecule has 6 nitrogen and oxygen atoms in total. The lowest BCUT2D eigenvalue weighted by Gasteiger charge is -2.24. The van der Waals surface area contributed by atoms with Crippen LogP contribution in [-0.4, -0.2) is 44.1 Å². The molecule has 1 aliphatic heterocycles. The third-order valence-electron chi connectivity index (χ3n) is 3.69. The van der Waals surface area contributed by atoms with E-state index in [0.717, 1.165) is 17.9 Å². The first kappa shape index (κ1) is 18.5. The minimum absolute atomic E-state index is 0.197. The molecule has 1 N–H and O–H groups in total. The van der Waals surface area contributed by atoms with Crippen molar-refractivity contribution in [3.8, 4) is 11.5 Å². The Balaban J connectivity index is 1.71. The Bertz CT molecular complexity index is 581. The molecule has 1 aromatic rings. The fourth-order valence-corrected chi connectivity index (χ4v) is 3.83. The topological polar surface area (TPSA) is 82.1 Å². The van der Waals surface area contributed by atoms with Gasteiger partial charge in [0.05, 0.1) is 11.9 Å². The fraction of sp³-hybridized carbons (Fsp3) is 0.733. The minimum atomic E-state index is -4.03. The zero-order valence-corrected chi connectivity index (χ0v) is 15.1. The number of rotatable bonds is 9. The van der Waals surface area contributed by atoms with Crippen molar-refractivity contribution in [2.24, 2.45) is 5.92 Å². The SMILES string of the molecule is CC(C)CCC(CCOCC1COc2cscc2O1)S(=O)(=O)O. The summed E-state index contributed by atoms with van der Waals surface area (Å²) in [6, 6.07) is 0. The Hall–Kier alpha value is -0.830. The Kier molecular flexibility index (Phi) is 6.70. The van der Waals surface area contributed by atoms with Gasteiger partial charge in [-0.05, 0) is 25.2 Å². The molecule has 8 heteroatoms. The van der Waals surface area contributed by atoms with Gasteiger partial charge in [-0.15, -0.1) is 11.3 Å². The normalized spacial score (nSPS) is 19.0. The second kappa shape index (κ2) is 8.32. The van der Waals surface area contributed by atoms with Crippen molar-refractivity contribution in [2.45, 2.75) is 44.5 Å². The van der Waals surface area contributed by atoms with Gasteiger partial charge in [-0.2, -0.15) is 8.42 Å². The molecular weight excluding hydrogens is 340 g/mol. The van der Waals surface area contributed by atoms with Gasteiger partial charge in [-0.25, -0.2) is 0 Å². The van der Waals surface area contributed by atoms with E-state index in [1.165, 1.54) is 11.3 Å². The minimum Gasteiger partial charge on any atom is -0.485 e. The van der Waals surface area contributed by atoms with Gasteiger partial charge in [0.25, 0.3) is 10.1 Å². The molecule has 0 aromatic carbocycles. The molecule has 132 valence electrons. The molecule has 1 aliphatic rings. The first-order chi connectivity index (χ1) is 10.9. The van der Waals surface area contributed by atoms with Crippen LogP contribution in [0.1, 0.15) is 33.1 Å². The summed E-state index contributed by atoms with van der Waals surface area (Å²) in [5.41, 5.74) is 0. The van der Waals surface area contributed by atoms with Gasteiger partial charge in [-0.1, -0.05) is 13.8 Å². The van der Waals surface area contributed by atoms with E-state index < -0.39 is 15.4 Å². The van der Waals surface area contributed by atoms with Gasteiger partial charge in [0.2, 0.25) is 0 Å². The van der Waals surface area contributed by atoms with Crippen LogP contribution in [0.4, 0.5) is 0 Å². The summed E-state index contributed by atoms with van der Waals surface area (Å²) in [6.07, 6.45) is 1.28. The summed E-state index contributed by atoms with van der Waals surface area (Å²) in [6.45, 7) is 5.06. The molecule has 2 atom stereocenters. The molecule has 2 heterocycles. The quantitative estimate of drug-likeness (QED) is 0.536. The molecule has 23 heavy (non-hydrogen) atoms. The van der Waals surface area contributed by atoms with Crippen molar-refractivity contribution in [3.05, 3.63) is 10.8 Å². The first-order valence-electron chi connectivity index (χ1n) is 7.76. The molecule has 0 radical (unpaired) electrons. The molecule has 1 aromatic heterocycles. The number of fused-ring (bicyclic) bond motifs is 1. The Morgan fingerprint density at radius 1 is 1.30 bits per heavy atom. The van der Waals surface area contributed by atoms with Crippen molar-refractivity contribution < 1.29 is 27.2 Å². The van der Waals surface area contributed by atoms with Gasteiger partial charge in [0, 0.05) is 17.4 Å². The fourth-order valence-electron chi connectivity index (χ4n) is 2.33. The highest BCUT2D eigenvalue weighted by Crippen LogP contribution is 2.35. The van der Waals surface area contributed by atoms with Crippen molar-refractivity contribution in [2.75, 3.05) is 19.8 Å². The van der Waals surface area contributed by atoms with Gasteiger partial charge in [0.1, 0.15) is 6.61 Å². The van der Waals surface area contributed by atoms with E-state index in [0.29, 0.717) is 25.6 Å². The maximum absolute atomic E-state index is 11.4. The maximum Gasteiger partial charge on any atom is 0.267 e. The summed E-state index contributed by atoms with van der Waals surface area (Å²) in [5.74, 6) is 1.88. The smallest absolute Gasteiger partial charge is 0.267 e. The van der Waals surface area contributed by atoms with E-state index in [9.17, 15) is 13.0 Å². The third-order valence-corrected chi connectivity index (χ3v) is 5.70. The van der Waals surface area contributed by atoms with Crippen LogP contribution in [0.2, 0.25) is 0 Å². The van der Waals surface area contributed by atoms with Gasteiger partial charge in [0.15, 0.2) is 17.6 Å². The Labute approximate surface area is 141 Å². The second-order valence-corrected chi connectivity index (χ2v) is 8.56. The molecule has 2 rings (SSSR count). The van der Waals surface area contributed by atoms with Crippen LogP contribution >= 0.6 is 11.3 Å². The largest absolute Gasteiger partial charge is 0.485 e. The molecule has 2 unspecified atom stereocenters. The van der Waals surface area contributed by atoms with Crippen LogP contribution in [0, 0.1) is 5.92 Å². The van der Waals surface area contributed by atoms with E-state index in [2.05, 4.69) is 0 Å². The van der Waals surface area contributed by atoms with E-state index in [1.54, 1.807) is 0 Å². The number of thiophene rings is 1. The molecular formula is C15H24O6S2. The van der Waals surface area contributed by atoms with Crippen molar-refractivity contribution >= 4 is 21.5 Å². The Morgan fingerprint density at radius 2 is 2.04 bits per heavy atom. The predicted molar refractivity (Wildman–Crippen MR) is 89.1 cm³/mol. The van der Waals surface area contributed by atoms with Crippen molar-refractivity contribution in [3.63, 3.8) is 0 Å². The lowest BCUT2D eigenvalue weighted by molar-refractivity contribution is 0.00847. The lowest BCUT2D eigenvalue weighted by atomic mass is 10.1. The second-order valence-electron chi connectivity index (χ2n) is 6.12. The standard InChI is InChI=1S/C15H24O6S2/c1-11(2)3-4-13(23(16,17)18)5-6-19-7-12-8-20-14-9-22-10-15(14)21-12/h9-13H,3-8H2,1-2H3,(H,16,17,18). The molecule has 0 spiro atoms. The molecule has 0 saturated heterocycles. The van der Waals surface area contributed by atoms with Gasteiger partial charge < -0.3 is 14.2 Å². The third kappa shape index (κ3) is 5.95. The highest BCUT2D eigenvalue weighted by molar-refractivity contribution is 7.86. The van der Waals surface area contributed by atoms with Gasteiger partial charge >= 0.3 is 0 Å². The zero-order chi connectivity index (χ0) is 16.9. The molecule has 0 amide bonds. The monoisotopic (exact) mass is 364 g/mol. The summed E-state index contributed by atoms with van der Waals surface area (Å²) < 4.78 is 48.9. The van der Waals surface area contributed by atoms with Crippen LogP contribution in [0.5, 0.6) is 11.5 Å². The summed E-state index contributed by atoms with van der Waals surface area (Å²) >= 11 is 1.51. The average molecular weight is 364 g/mol. The van der Waals surface area contributed by atoms with Gasteiger partial charge in [-0.3, -0.25) is 4.55 Å². The van der Waals surface area contributed by atoms with Crippen LogP contribution < -0.4 is 9.47 Å². The average Bonchev–Trinajstić information content (AvgIpc) is 2.92. The number of hydrogen-bond donors (Lipinski definition) is 1. The number of hydrogen-bond acceptors (Lipinski definition) is 6. The van der Waals surface area contributed by atoms with Crippen molar-refractivity contribution in [1.82, 2.24) is 0 Å². The van der Waals surface area contributed by atoms with E-state index in [1.807, 2.05) is 24.6 Å². The highest BCUT2D eigenvalue weighted by Gasteiger charge is 2.24. The molecule has 0 saturated carbocycles. The number of ether oxygens (including phenoxy) is 3. The molecule has 0 aliphatic carbocycles. The van der Waals surface area contributed by atoms with Crippen LogP contribution in [0.3, 0.4) is 0 Å². The van der Waals surface area contributed by atoms with Crippen LogP contribution in [0.15, 0.2) is 10.8 Å². The molecule has 0 bridgehead atoms. The van der Waals surface area contributed by atoms with Crippen LogP contribution in [-0.2, 0) is 14.9 Å². The Morgan fingerprint density at radius 3 is 2.74 bits per heavy atom.